The summed E-state index contributed by atoms with van der Waals surface area (Å²) in [6, 6.07) is 18.5. The van der Waals surface area contributed by atoms with Crippen LogP contribution in [0.25, 0.3) is 0 Å². The van der Waals surface area contributed by atoms with Crippen LogP contribution in [0.1, 0.15) is 11.1 Å². The fraction of sp³-hybridized carbons (Fsp3) is 0.217. The minimum Gasteiger partial charge on any atom is -0.496 e. The van der Waals surface area contributed by atoms with Crippen molar-refractivity contribution in [3.05, 3.63) is 82.9 Å². The molecule has 0 aliphatic heterocycles. The quantitative estimate of drug-likeness (QED) is 0.433. The molecule has 0 aromatic heterocycles. The van der Waals surface area contributed by atoms with Crippen LogP contribution in [0.2, 0.25) is 5.02 Å². The molecule has 3 aromatic carbocycles. The summed E-state index contributed by atoms with van der Waals surface area (Å²) in [5, 5.41) is 0.931. The van der Waals surface area contributed by atoms with E-state index in [1.54, 1.807) is 66.7 Å². The summed E-state index contributed by atoms with van der Waals surface area (Å²) < 4.78 is 52.3. The summed E-state index contributed by atoms with van der Waals surface area (Å²) in [6.07, 6.45) is 0.299. The molecule has 0 heterocycles. The van der Waals surface area contributed by atoms with E-state index in [-0.39, 0.29) is 11.4 Å². The van der Waals surface area contributed by atoms with Gasteiger partial charge in [-0.25, -0.2) is 13.1 Å². The lowest BCUT2D eigenvalue weighted by Gasteiger charge is -2.20. The molecule has 0 fully saturated rings. The number of nitrogens with one attached hydrogen (secondary N) is 1. The van der Waals surface area contributed by atoms with Crippen LogP contribution in [0, 0.1) is 6.92 Å². The van der Waals surface area contributed by atoms with Crippen LogP contribution in [0.4, 0.5) is 0 Å². The second-order valence-electron chi connectivity index (χ2n) is 7.32. The number of methoxy groups -OCH3 is 1. The number of para-hydroxylation sites is 1. The number of aryl methyl sites for hydroxylation is 1. The van der Waals surface area contributed by atoms with Crippen molar-refractivity contribution in [3.8, 4) is 11.5 Å². The van der Waals surface area contributed by atoms with Gasteiger partial charge < -0.3 is 9.26 Å². The van der Waals surface area contributed by atoms with Gasteiger partial charge in [-0.2, -0.15) is 0 Å². The van der Waals surface area contributed by atoms with Crippen molar-refractivity contribution in [3.63, 3.8) is 0 Å². The Kier molecular flexibility index (Phi) is 7.67. The Hall–Kier alpha value is -2.31. The number of rotatable bonds is 9. The van der Waals surface area contributed by atoms with E-state index < -0.39 is 17.4 Å². The van der Waals surface area contributed by atoms with Gasteiger partial charge in [-0.15, -0.1) is 0 Å². The first-order valence-electron chi connectivity index (χ1n) is 9.88. The SMILES string of the molecule is COc1ccccc1P(C)(=O)Oc1ccc(Cl)cc1CCNS(=O)(=O)c1ccc(C)cc1. The summed E-state index contributed by atoms with van der Waals surface area (Å²) in [4.78, 5) is 0.194. The smallest absolute Gasteiger partial charge is 0.277 e. The van der Waals surface area contributed by atoms with Gasteiger partial charge in [0.1, 0.15) is 11.5 Å². The third kappa shape index (κ3) is 5.93. The van der Waals surface area contributed by atoms with Crippen LogP contribution in [0.15, 0.2) is 71.6 Å². The molecule has 32 heavy (non-hydrogen) atoms. The van der Waals surface area contributed by atoms with Crippen molar-refractivity contribution in [2.24, 2.45) is 0 Å². The Bertz CT molecular complexity index is 1250. The van der Waals surface area contributed by atoms with Gasteiger partial charge in [0.15, 0.2) is 0 Å². The Labute approximate surface area is 194 Å². The van der Waals surface area contributed by atoms with Crippen LogP contribution < -0.4 is 19.3 Å². The van der Waals surface area contributed by atoms with Gasteiger partial charge in [-0.3, -0.25) is 4.57 Å². The minimum absolute atomic E-state index is 0.121. The van der Waals surface area contributed by atoms with Crippen LogP contribution in [-0.2, 0) is 21.0 Å². The first kappa shape index (κ1) is 24.3. The molecular weight excluding hydrogens is 469 g/mol. The lowest BCUT2D eigenvalue weighted by atomic mass is 10.1. The van der Waals surface area contributed by atoms with Gasteiger partial charge in [0, 0.05) is 18.2 Å². The van der Waals surface area contributed by atoms with Crippen molar-refractivity contribution in [1.82, 2.24) is 4.72 Å². The summed E-state index contributed by atoms with van der Waals surface area (Å²) in [5.74, 6) is 0.848. The fourth-order valence-electron chi connectivity index (χ4n) is 3.16. The number of ether oxygens (including phenoxy) is 1. The predicted octanol–water partition coefficient (Wildman–Crippen LogP) is 4.79. The molecule has 0 spiro atoms. The largest absolute Gasteiger partial charge is 0.496 e. The molecule has 0 amide bonds. The molecule has 0 saturated carbocycles. The maximum Gasteiger partial charge on any atom is 0.277 e. The van der Waals surface area contributed by atoms with E-state index in [1.807, 2.05) is 6.92 Å². The average Bonchev–Trinajstić information content (AvgIpc) is 2.75. The molecule has 1 unspecified atom stereocenters. The zero-order valence-electron chi connectivity index (χ0n) is 18.0. The number of sulfonamides is 1. The first-order chi connectivity index (χ1) is 15.1. The number of hydrogen-bond donors (Lipinski definition) is 1. The lowest BCUT2D eigenvalue weighted by molar-refractivity contribution is 0.416. The fourth-order valence-corrected chi connectivity index (χ4v) is 5.96. The third-order valence-electron chi connectivity index (χ3n) is 4.84. The van der Waals surface area contributed by atoms with Crippen molar-refractivity contribution in [2.75, 3.05) is 20.3 Å². The molecule has 170 valence electrons. The van der Waals surface area contributed by atoms with E-state index >= 15 is 0 Å². The molecule has 0 aliphatic rings. The van der Waals surface area contributed by atoms with Crippen LogP contribution in [0.3, 0.4) is 0 Å². The summed E-state index contributed by atoms with van der Waals surface area (Å²) in [5.41, 5.74) is 1.62. The molecule has 1 N–H and O–H groups in total. The van der Waals surface area contributed by atoms with Crippen molar-refractivity contribution >= 4 is 34.3 Å². The van der Waals surface area contributed by atoms with E-state index in [0.717, 1.165) is 5.56 Å². The van der Waals surface area contributed by atoms with Crippen molar-refractivity contribution in [2.45, 2.75) is 18.2 Å². The Morgan fingerprint density at radius 1 is 1.00 bits per heavy atom. The van der Waals surface area contributed by atoms with E-state index in [2.05, 4.69) is 4.72 Å². The third-order valence-corrected chi connectivity index (χ3v) is 8.34. The van der Waals surface area contributed by atoms with Crippen molar-refractivity contribution < 1.29 is 22.2 Å². The highest BCUT2D eigenvalue weighted by molar-refractivity contribution is 7.89. The predicted molar refractivity (Wildman–Crippen MR) is 128 cm³/mol. The molecular formula is C23H25ClNO5PS. The highest BCUT2D eigenvalue weighted by Crippen LogP contribution is 2.46. The number of benzene rings is 3. The van der Waals surface area contributed by atoms with Gasteiger partial charge >= 0.3 is 0 Å². The van der Waals surface area contributed by atoms with E-state index in [1.165, 1.54) is 13.8 Å². The molecule has 9 heteroatoms. The van der Waals surface area contributed by atoms with Gasteiger partial charge in [0.2, 0.25) is 10.0 Å². The standard InChI is InChI=1S/C23H25ClNO5PS/c1-17-8-11-20(12-9-17)32(27,28)25-15-14-18-16-19(24)10-13-21(18)30-31(3,26)23-7-5-4-6-22(23)29-2/h4-13,16,25H,14-15H2,1-3H3. The van der Waals surface area contributed by atoms with Crippen LogP contribution >= 0.6 is 19.0 Å². The molecule has 1 atom stereocenters. The Morgan fingerprint density at radius 2 is 1.69 bits per heavy atom. The second-order valence-corrected chi connectivity index (χ2v) is 11.9. The number of halogens is 1. The Morgan fingerprint density at radius 3 is 2.38 bits per heavy atom. The zero-order chi connectivity index (χ0) is 23.4. The van der Waals surface area contributed by atoms with Crippen LogP contribution in [0.5, 0.6) is 11.5 Å². The zero-order valence-corrected chi connectivity index (χ0v) is 20.5. The van der Waals surface area contributed by atoms with Gasteiger partial charge in [0.05, 0.1) is 17.3 Å². The van der Waals surface area contributed by atoms with E-state index in [0.29, 0.717) is 33.8 Å². The normalized spacial score (nSPS) is 13.4. The van der Waals surface area contributed by atoms with Crippen molar-refractivity contribution in [1.29, 1.82) is 0 Å². The molecule has 3 aromatic rings. The number of hydrogen-bond acceptors (Lipinski definition) is 5. The monoisotopic (exact) mass is 493 g/mol. The highest BCUT2D eigenvalue weighted by atomic mass is 35.5. The molecule has 0 bridgehead atoms. The van der Waals surface area contributed by atoms with Crippen LogP contribution in [-0.4, -0.2) is 28.7 Å². The maximum absolute atomic E-state index is 13.4. The van der Waals surface area contributed by atoms with Gasteiger partial charge in [-0.05, 0) is 61.4 Å². The molecule has 6 nitrogen and oxygen atoms in total. The first-order valence-corrected chi connectivity index (χ1v) is 13.8. The Balaban J connectivity index is 1.78. The lowest BCUT2D eigenvalue weighted by Crippen LogP contribution is -2.26. The van der Waals surface area contributed by atoms with Gasteiger partial charge in [0.25, 0.3) is 7.37 Å². The summed E-state index contributed by atoms with van der Waals surface area (Å²) in [6.45, 7) is 3.53. The highest BCUT2D eigenvalue weighted by Gasteiger charge is 2.26. The molecule has 0 saturated heterocycles. The van der Waals surface area contributed by atoms with E-state index in [4.69, 9.17) is 20.9 Å². The molecule has 3 rings (SSSR count). The summed E-state index contributed by atoms with van der Waals surface area (Å²) >= 11 is 6.15. The molecule has 0 radical (unpaired) electrons. The second kappa shape index (κ2) is 10.1. The molecule has 0 aliphatic carbocycles. The van der Waals surface area contributed by atoms with Gasteiger partial charge in [-0.1, -0.05) is 41.4 Å². The minimum atomic E-state index is -3.65. The topological polar surface area (TPSA) is 81.7 Å². The maximum atomic E-state index is 13.4. The average molecular weight is 494 g/mol. The summed E-state index contributed by atoms with van der Waals surface area (Å²) in [7, 11) is -5.43. The van der Waals surface area contributed by atoms with E-state index in [9.17, 15) is 13.0 Å².